The standard InChI is InChI=1S/C18H18BrF4N3O4/c1-4-28-17-24-15(18(21,22)23)9-16(27)26(17)13-8-14(11(19)7-12(13)20)29-5-6-30-25-10(2)3/h7-9H,4-6H2,1-3H3. The zero-order valence-electron chi connectivity index (χ0n) is 16.2. The van der Waals surface area contributed by atoms with Crippen molar-refractivity contribution in [3.8, 4) is 17.4 Å². The molecule has 0 atom stereocenters. The van der Waals surface area contributed by atoms with Crippen molar-refractivity contribution in [2.75, 3.05) is 19.8 Å². The molecule has 12 heteroatoms. The summed E-state index contributed by atoms with van der Waals surface area (Å²) >= 11 is 3.14. The van der Waals surface area contributed by atoms with Gasteiger partial charge in [-0.3, -0.25) is 4.79 Å². The Morgan fingerprint density at radius 2 is 1.90 bits per heavy atom. The highest BCUT2D eigenvalue weighted by molar-refractivity contribution is 9.10. The minimum absolute atomic E-state index is 0.0406. The minimum Gasteiger partial charge on any atom is -0.489 e. The van der Waals surface area contributed by atoms with Gasteiger partial charge in [0.25, 0.3) is 5.56 Å². The molecule has 0 N–H and O–H groups in total. The van der Waals surface area contributed by atoms with E-state index >= 15 is 0 Å². The van der Waals surface area contributed by atoms with Gasteiger partial charge in [0.15, 0.2) is 12.3 Å². The Bertz CT molecular complexity index is 989. The highest BCUT2D eigenvalue weighted by Crippen LogP contribution is 2.32. The second-order valence-electron chi connectivity index (χ2n) is 5.98. The van der Waals surface area contributed by atoms with Crippen molar-refractivity contribution in [1.82, 2.24) is 9.55 Å². The molecule has 0 aliphatic heterocycles. The van der Waals surface area contributed by atoms with Crippen molar-refractivity contribution < 1.29 is 31.9 Å². The predicted molar refractivity (Wildman–Crippen MR) is 104 cm³/mol. The molecule has 1 aromatic carbocycles. The Kier molecular flexibility index (Phi) is 7.82. The second kappa shape index (κ2) is 9.92. The van der Waals surface area contributed by atoms with Crippen LogP contribution >= 0.6 is 15.9 Å². The van der Waals surface area contributed by atoms with Crippen LogP contribution in [0.25, 0.3) is 5.69 Å². The number of hydrogen-bond donors (Lipinski definition) is 0. The van der Waals surface area contributed by atoms with Crippen LogP contribution in [0.3, 0.4) is 0 Å². The maximum atomic E-state index is 14.6. The highest BCUT2D eigenvalue weighted by Gasteiger charge is 2.35. The van der Waals surface area contributed by atoms with Crippen LogP contribution < -0.4 is 15.0 Å². The fourth-order valence-electron chi connectivity index (χ4n) is 2.22. The molecule has 1 aromatic heterocycles. The zero-order chi connectivity index (χ0) is 22.5. The normalized spacial score (nSPS) is 11.2. The highest BCUT2D eigenvalue weighted by atomic mass is 79.9. The molecule has 0 saturated heterocycles. The summed E-state index contributed by atoms with van der Waals surface area (Å²) in [6.45, 7) is 5.02. The van der Waals surface area contributed by atoms with E-state index in [9.17, 15) is 22.4 Å². The molecule has 0 unspecified atom stereocenters. The summed E-state index contributed by atoms with van der Waals surface area (Å²) in [6, 6.07) is 1.73. The van der Waals surface area contributed by atoms with Gasteiger partial charge in [0, 0.05) is 12.1 Å². The first kappa shape index (κ1) is 23.6. The summed E-state index contributed by atoms with van der Waals surface area (Å²) in [5.74, 6) is -0.775. The number of aromatic nitrogens is 2. The molecule has 0 fully saturated rings. The number of nitrogens with zero attached hydrogens (tertiary/aromatic N) is 3. The smallest absolute Gasteiger partial charge is 0.433 e. The van der Waals surface area contributed by atoms with Crippen LogP contribution in [0, 0.1) is 5.82 Å². The van der Waals surface area contributed by atoms with E-state index in [1.54, 1.807) is 13.8 Å². The van der Waals surface area contributed by atoms with Gasteiger partial charge < -0.3 is 14.3 Å². The molecule has 2 aromatic rings. The van der Waals surface area contributed by atoms with Gasteiger partial charge in [-0.05, 0) is 42.8 Å². The molecule has 0 aliphatic carbocycles. The lowest BCUT2D eigenvalue weighted by molar-refractivity contribution is -0.141. The van der Waals surface area contributed by atoms with E-state index in [4.69, 9.17) is 14.3 Å². The third-order valence-corrected chi connectivity index (χ3v) is 3.99. The third-order valence-electron chi connectivity index (χ3n) is 3.37. The summed E-state index contributed by atoms with van der Waals surface area (Å²) in [5.41, 5.74) is -2.28. The number of oxime groups is 1. The van der Waals surface area contributed by atoms with Gasteiger partial charge in [-0.25, -0.2) is 8.96 Å². The van der Waals surface area contributed by atoms with Crippen LogP contribution in [0.5, 0.6) is 11.8 Å². The van der Waals surface area contributed by atoms with Crippen LogP contribution in [-0.4, -0.2) is 35.1 Å². The fourth-order valence-corrected chi connectivity index (χ4v) is 2.65. The Labute approximate surface area is 177 Å². The van der Waals surface area contributed by atoms with E-state index in [-0.39, 0.29) is 41.8 Å². The SMILES string of the molecule is CCOc1nc(C(F)(F)F)cc(=O)n1-c1cc(OCCON=C(C)C)c(Br)cc1F. The number of benzene rings is 1. The quantitative estimate of drug-likeness (QED) is 0.235. The van der Waals surface area contributed by atoms with Gasteiger partial charge in [-0.15, -0.1) is 0 Å². The predicted octanol–water partition coefficient (Wildman–Crippen LogP) is 4.34. The molecule has 0 aliphatic rings. The molecular formula is C18H18BrF4N3O4. The van der Waals surface area contributed by atoms with Crippen LogP contribution in [0.1, 0.15) is 26.5 Å². The van der Waals surface area contributed by atoms with Crippen molar-refractivity contribution in [3.05, 3.63) is 44.5 Å². The Hall–Kier alpha value is -2.63. The number of halogens is 5. The molecule has 7 nitrogen and oxygen atoms in total. The molecule has 2 rings (SSSR count). The first-order valence-electron chi connectivity index (χ1n) is 8.64. The van der Waals surface area contributed by atoms with Crippen LogP contribution in [0.15, 0.2) is 32.6 Å². The largest absolute Gasteiger partial charge is 0.489 e. The van der Waals surface area contributed by atoms with Gasteiger partial charge in [0.1, 0.15) is 18.2 Å². The van der Waals surface area contributed by atoms with E-state index in [1.807, 2.05) is 0 Å². The lowest BCUT2D eigenvalue weighted by atomic mass is 10.2. The van der Waals surface area contributed by atoms with Gasteiger partial charge in [-0.2, -0.15) is 18.2 Å². The summed E-state index contributed by atoms with van der Waals surface area (Å²) in [6.07, 6.45) is -4.87. The van der Waals surface area contributed by atoms with Crippen molar-refractivity contribution in [1.29, 1.82) is 0 Å². The number of alkyl halides is 3. The average molecular weight is 496 g/mol. The lowest BCUT2D eigenvalue weighted by Crippen LogP contribution is -2.26. The summed E-state index contributed by atoms with van der Waals surface area (Å²) in [4.78, 5) is 20.7. The van der Waals surface area contributed by atoms with Gasteiger partial charge in [0.05, 0.1) is 22.5 Å². The molecule has 1 heterocycles. The lowest BCUT2D eigenvalue weighted by Gasteiger charge is -2.16. The van der Waals surface area contributed by atoms with Gasteiger partial charge in [-0.1, -0.05) is 5.16 Å². The Balaban J connectivity index is 2.45. The Morgan fingerprint density at radius 1 is 1.20 bits per heavy atom. The van der Waals surface area contributed by atoms with E-state index in [1.165, 1.54) is 6.92 Å². The summed E-state index contributed by atoms with van der Waals surface area (Å²) < 4.78 is 64.9. The number of hydrogen-bond acceptors (Lipinski definition) is 6. The second-order valence-corrected chi connectivity index (χ2v) is 6.84. The van der Waals surface area contributed by atoms with Crippen LogP contribution in [-0.2, 0) is 11.0 Å². The monoisotopic (exact) mass is 495 g/mol. The van der Waals surface area contributed by atoms with Gasteiger partial charge >= 0.3 is 12.2 Å². The molecule has 0 radical (unpaired) electrons. The molecular weight excluding hydrogens is 478 g/mol. The summed E-state index contributed by atoms with van der Waals surface area (Å²) in [5, 5.41) is 3.73. The maximum absolute atomic E-state index is 14.6. The minimum atomic E-state index is -4.87. The van der Waals surface area contributed by atoms with Crippen LogP contribution in [0.2, 0.25) is 0 Å². The molecule has 0 saturated carbocycles. The average Bonchev–Trinajstić information content (AvgIpc) is 2.63. The van der Waals surface area contributed by atoms with E-state index in [2.05, 4.69) is 26.1 Å². The van der Waals surface area contributed by atoms with E-state index in [0.29, 0.717) is 10.3 Å². The first-order valence-corrected chi connectivity index (χ1v) is 9.43. The number of rotatable bonds is 8. The van der Waals surface area contributed by atoms with E-state index in [0.717, 1.165) is 12.1 Å². The van der Waals surface area contributed by atoms with Crippen molar-refractivity contribution in [2.24, 2.45) is 5.16 Å². The van der Waals surface area contributed by atoms with Crippen molar-refractivity contribution in [3.63, 3.8) is 0 Å². The molecule has 30 heavy (non-hydrogen) atoms. The number of ether oxygens (including phenoxy) is 2. The van der Waals surface area contributed by atoms with Gasteiger partial charge in [0.2, 0.25) is 0 Å². The summed E-state index contributed by atoms with van der Waals surface area (Å²) in [7, 11) is 0. The molecule has 0 bridgehead atoms. The van der Waals surface area contributed by atoms with Crippen LogP contribution in [0.4, 0.5) is 17.6 Å². The maximum Gasteiger partial charge on any atom is 0.433 e. The zero-order valence-corrected chi connectivity index (χ0v) is 17.8. The van der Waals surface area contributed by atoms with Crippen molar-refractivity contribution >= 4 is 21.6 Å². The van der Waals surface area contributed by atoms with Crippen molar-refractivity contribution in [2.45, 2.75) is 26.9 Å². The third kappa shape index (κ3) is 5.94. The van der Waals surface area contributed by atoms with E-state index < -0.39 is 29.3 Å². The fraction of sp³-hybridized carbons (Fsp3) is 0.389. The molecule has 0 spiro atoms. The topological polar surface area (TPSA) is 74.9 Å². The molecule has 164 valence electrons. The Morgan fingerprint density at radius 3 is 2.50 bits per heavy atom. The molecule has 0 amide bonds. The first-order chi connectivity index (χ1) is 14.0.